The monoisotopic (exact) mass is 570 g/mol. The minimum atomic E-state index is -0.502. The molecule has 0 spiro atoms. The van der Waals surface area contributed by atoms with Gasteiger partial charge in [-0.25, -0.2) is 14.3 Å². The molecule has 39 heavy (non-hydrogen) atoms. The normalized spacial score (nSPS) is 10.7. The van der Waals surface area contributed by atoms with E-state index < -0.39 is 6.09 Å². The summed E-state index contributed by atoms with van der Waals surface area (Å²) in [4.78, 5) is 18.6. The number of tetrazole rings is 2. The number of aliphatic hydroxyl groups is 1. The Bertz CT molecular complexity index is 1530. The maximum Gasteiger partial charge on any atom is 0.419 e. The Kier molecular flexibility index (Phi) is 9.31. The van der Waals surface area contributed by atoms with Crippen LogP contribution in [0.2, 0.25) is 10.0 Å². The van der Waals surface area contributed by atoms with E-state index in [-0.39, 0.29) is 13.2 Å². The summed E-state index contributed by atoms with van der Waals surface area (Å²) in [7, 11) is 0. The fourth-order valence-corrected chi connectivity index (χ4v) is 3.83. The SMILES string of the molecule is Cc1nnn(Cc2cc(Cl)ccc2CO)n1.Cc1nnn(Cc2cc(Cl)ccc2COC(=O)n2ccnc2)n1. The number of ether oxygens (including phenoxy) is 1. The largest absolute Gasteiger partial charge is 0.444 e. The minimum absolute atomic E-state index is 0.0276. The van der Waals surface area contributed by atoms with Crippen LogP contribution in [-0.2, 0) is 31.0 Å². The van der Waals surface area contributed by atoms with Crippen molar-refractivity contribution in [1.29, 1.82) is 0 Å². The summed E-state index contributed by atoms with van der Waals surface area (Å²) < 4.78 is 6.53. The second-order valence-corrected chi connectivity index (χ2v) is 9.12. The number of halogens is 2. The lowest BCUT2D eigenvalue weighted by Crippen LogP contribution is -2.13. The van der Waals surface area contributed by atoms with Crippen molar-refractivity contribution >= 4 is 29.3 Å². The summed E-state index contributed by atoms with van der Waals surface area (Å²) in [5.74, 6) is 1.20. The standard InChI is InChI=1S/C14H13ClN6O2.C10H11ClN4O/c1-10-17-19-21(18-10)7-12-6-13(15)3-2-11(12)8-23-14(22)20-5-4-16-9-20;1-7-12-14-15(13-7)5-9-4-10(11)3-2-8(9)6-16/h2-6,9H,7-8H2,1H3;2-4,16H,5-6H2,1H3. The fourth-order valence-electron chi connectivity index (χ4n) is 3.45. The Morgan fingerprint density at radius 1 is 0.872 bits per heavy atom. The summed E-state index contributed by atoms with van der Waals surface area (Å²) in [6.07, 6.45) is 3.91. The third kappa shape index (κ3) is 7.89. The lowest BCUT2D eigenvalue weighted by molar-refractivity contribution is 0.141. The number of carbonyl (C=O) groups excluding carboxylic acids is 1. The summed E-state index contributed by atoms with van der Waals surface area (Å²) in [6, 6.07) is 10.7. The van der Waals surface area contributed by atoms with Gasteiger partial charge in [0.15, 0.2) is 11.6 Å². The molecule has 0 atom stereocenters. The predicted molar refractivity (Wildman–Crippen MR) is 140 cm³/mol. The molecule has 1 N–H and O–H groups in total. The predicted octanol–water partition coefficient (Wildman–Crippen LogP) is 3.24. The zero-order valence-corrected chi connectivity index (χ0v) is 22.5. The molecule has 0 bridgehead atoms. The van der Waals surface area contributed by atoms with Gasteiger partial charge in [-0.3, -0.25) is 0 Å². The van der Waals surface area contributed by atoms with Crippen molar-refractivity contribution in [3.63, 3.8) is 0 Å². The Balaban J connectivity index is 0.000000193. The van der Waals surface area contributed by atoms with Gasteiger partial charge in [0.2, 0.25) is 0 Å². The molecule has 0 aliphatic carbocycles. The number of aryl methyl sites for hydroxylation is 2. The van der Waals surface area contributed by atoms with Crippen molar-refractivity contribution in [2.24, 2.45) is 0 Å². The molecule has 2 aromatic carbocycles. The lowest BCUT2D eigenvalue weighted by Gasteiger charge is -2.10. The molecule has 0 saturated carbocycles. The van der Waals surface area contributed by atoms with Crippen LogP contribution in [0.4, 0.5) is 4.79 Å². The third-order valence-corrected chi connectivity index (χ3v) is 5.77. The van der Waals surface area contributed by atoms with Gasteiger partial charge in [0.05, 0.1) is 19.7 Å². The quantitative estimate of drug-likeness (QED) is 0.308. The van der Waals surface area contributed by atoms with Crippen LogP contribution >= 0.6 is 23.2 Å². The van der Waals surface area contributed by atoms with E-state index in [1.807, 2.05) is 6.07 Å². The van der Waals surface area contributed by atoms with Crippen LogP contribution in [0.1, 0.15) is 33.9 Å². The van der Waals surface area contributed by atoms with Crippen molar-refractivity contribution in [2.75, 3.05) is 0 Å². The van der Waals surface area contributed by atoms with Crippen LogP contribution in [-0.4, -0.2) is 61.2 Å². The first-order chi connectivity index (χ1) is 18.8. The van der Waals surface area contributed by atoms with Gasteiger partial charge in [0, 0.05) is 22.4 Å². The average molecular weight is 571 g/mol. The summed E-state index contributed by atoms with van der Waals surface area (Å²) in [5.41, 5.74) is 3.39. The highest BCUT2D eigenvalue weighted by Crippen LogP contribution is 2.19. The van der Waals surface area contributed by atoms with Gasteiger partial charge in [-0.15, -0.1) is 20.4 Å². The minimum Gasteiger partial charge on any atom is -0.444 e. The smallest absolute Gasteiger partial charge is 0.419 e. The Hall–Kier alpha value is -4.20. The van der Waals surface area contributed by atoms with Crippen LogP contribution in [0.15, 0.2) is 55.1 Å². The van der Waals surface area contributed by atoms with E-state index in [0.717, 1.165) is 22.3 Å². The fraction of sp³-hybridized carbons (Fsp3) is 0.250. The highest BCUT2D eigenvalue weighted by Gasteiger charge is 2.11. The van der Waals surface area contributed by atoms with Gasteiger partial charge >= 0.3 is 6.09 Å². The second kappa shape index (κ2) is 13.0. The molecule has 5 aromatic rings. The van der Waals surface area contributed by atoms with E-state index >= 15 is 0 Å². The van der Waals surface area contributed by atoms with Crippen LogP contribution < -0.4 is 0 Å². The zero-order valence-electron chi connectivity index (χ0n) is 21.0. The Morgan fingerprint density at radius 2 is 1.44 bits per heavy atom. The number of hydrogen-bond donors (Lipinski definition) is 1. The molecule has 0 fully saturated rings. The van der Waals surface area contributed by atoms with E-state index in [1.54, 1.807) is 44.2 Å². The zero-order chi connectivity index (χ0) is 27.8. The van der Waals surface area contributed by atoms with E-state index in [0.29, 0.717) is 34.8 Å². The third-order valence-electron chi connectivity index (χ3n) is 5.30. The van der Waals surface area contributed by atoms with E-state index in [4.69, 9.17) is 27.9 Å². The number of imidazole rings is 1. The first-order valence-electron chi connectivity index (χ1n) is 11.6. The molecule has 0 saturated heterocycles. The van der Waals surface area contributed by atoms with Crippen LogP contribution in [0.25, 0.3) is 0 Å². The van der Waals surface area contributed by atoms with Crippen molar-refractivity contribution in [1.82, 2.24) is 50.0 Å². The molecule has 0 aliphatic heterocycles. The van der Waals surface area contributed by atoms with Crippen LogP contribution in [0.5, 0.6) is 0 Å². The second-order valence-electron chi connectivity index (χ2n) is 8.24. The van der Waals surface area contributed by atoms with Crippen molar-refractivity contribution in [3.05, 3.63) is 99.1 Å². The first-order valence-corrected chi connectivity index (χ1v) is 12.4. The molecule has 3 heterocycles. The van der Waals surface area contributed by atoms with Crippen LogP contribution in [0, 0.1) is 13.8 Å². The number of hydrogen-bond acceptors (Lipinski definition) is 10. The van der Waals surface area contributed by atoms with Crippen molar-refractivity contribution in [2.45, 2.75) is 40.2 Å². The maximum absolute atomic E-state index is 11.9. The maximum atomic E-state index is 11.9. The summed E-state index contributed by atoms with van der Waals surface area (Å²) >= 11 is 11.9. The summed E-state index contributed by atoms with van der Waals surface area (Å²) in [5, 5.41) is 34.0. The number of carbonyl (C=O) groups is 1. The van der Waals surface area contributed by atoms with Crippen molar-refractivity contribution in [3.8, 4) is 0 Å². The van der Waals surface area contributed by atoms with E-state index in [9.17, 15) is 9.90 Å². The molecule has 0 radical (unpaired) electrons. The molecule has 13 nitrogen and oxygen atoms in total. The number of benzene rings is 2. The highest BCUT2D eigenvalue weighted by atomic mass is 35.5. The highest BCUT2D eigenvalue weighted by molar-refractivity contribution is 6.30. The molecule has 0 aliphatic rings. The first kappa shape index (κ1) is 27.8. The van der Waals surface area contributed by atoms with Gasteiger partial charge in [-0.05, 0) is 70.8 Å². The molecular weight excluding hydrogens is 547 g/mol. The topological polar surface area (TPSA) is 152 Å². The lowest BCUT2D eigenvalue weighted by atomic mass is 10.1. The average Bonchev–Trinajstić information content (AvgIpc) is 3.67. The van der Waals surface area contributed by atoms with Crippen molar-refractivity contribution < 1.29 is 14.6 Å². The summed E-state index contributed by atoms with van der Waals surface area (Å²) in [6.45, 7) is 4.46. The number of aromatic nitrogens is 10. The molecule has 3 aromatic heterocycles. The molecule has 5 rings (SSSR count). The van der Waals surface area contributed by atoms with Gasteiger partial charge in [-0.1, -0.05) is 35.3 Å². The number of aliphatic hydroxyl groups excluding tert-OH is 1. The molecule has 202 valence electrons. The molecule has 0 amide bonds. The molecule has 0 unspecified atom stereocenters. The van der Waals surface area contributed by atoms with Gasteiger partial charge in [-0.2, -0.15) is 9.59 Å². The molecular formula is C24H24Cl2N10O3. The van der Waals surface area contributed by atoms with Gasteiger partial charge in [0.1, 0.15) is 12.9 Å². The van der Waals surface area contributed by atoms with Gasteiger partial charge in [0.25, 0.3) is 0 Å². The van der Waals surface area contributed by atoms with Crippen LogP contribution in [0.3, 0.4) is 0 Å². The number of rotatable bonds is 7. The number of nitrogens with zero attached hydrogens (tertiary/aromatic N) is 10. The van der Waals surface area contributed by atoms with E-state index in [1.165, 1.54) is 32.9 Å². The Morgan fingerprint density at radius 3 is 1.92 bits per heavy atom. The molecule has 15 heteroatoms. The van der Waals surface area contributed by atoms with Gasteiger partial charge < -0.3 is 9.84 Å². The van der Waals surface area contributed by atoms with E-state index in [2.05, 4.69) is 35.8 Å². The Labute approximate surface area is 233 Å².